The highest BCUT2D eigenvalue weighted by molar-refractivity contribution is 7.18. The molecule has 1 aromatic carbocycles. The number of hydrogen-bond acceptors (Lipinski definition) is 4. The third-order valence-corrected chi connectivity index (χ3v) is 4.88. The predicted octanol–water partition coefficient (Wildman–Crippen LogP) is 3.25. The van der Waals surface area contributed by atoms with Crippen molar-refractivity contribution in [1.29, 1.82) is 5.26 Å². The topological polar surface area (TPSA) is 58.7 Å². The fourth-order valence-electron chi connectivity index (χ4n) is 2.47. The Bertz CT molecular complexity index is 947. The normalized spacial score (nSPS) is 10.8. The summed E-state index contributed by atoms with van der Waals surface area (Å²) in [7, 11) is 0. The second-order valence-corrected chi connectivity index (χ2v) is 6.22. The van der Waals surface area contributed by atoms with E-state index < -0.39 is 0 Å². The summed E-state index contributed by atoms with van der Waals surface area (Å²) in [5.41, 5.74) is 1.39. The van der Waals surface area contributed by atoms with Crippen LogP contribution in [0.15, 0.2) is 35.1 Å². The van der Waals surface area contributed by atoms with E-state index in [1.807, 2.05) is 31.2 Å². The maximum atomic E-state index is 12.7. The van der Waals surface area contributed by atoms with Crippen LogP contribution >= 0.6 is 11.3 Å². The molecule has 0 atom stereocenters. The number of aromatic nitrogens is 2. The number of rotatable bonds is 3. The average Bonchev–Trinajstić information content (AvgIpc) is 2.95. The highest BCUT2D eigenvalue weighted by Gasteiger charge is 2.12. The molecule has 0 saturated heterocycles. The van der Waals surface area contributed by atoms with Crippen LogP contribution in [0, 0.1) is 18.3 Å². The minimum absolute atomic E-state index is 0.0359. The summed E-state index contributed by atoms with van der Waals surface area (Å²) >= 11 is 1.57. The third-order valence-electron chi connectivity index (χ3n) is 3.71. The zero-order valence-corrected chi connectivity index (χ0v) is 13.3. The first-order valence-corrected chi connectivity index (χ1v) is 7.93. The molecule has 0 bridgehead atoms. The largest absolute Gasteiger partial charge is 0.292 e. The minimum atomic E-state index is -0.0359. The molecule has 0 unspecified atom stereocenters. The van der Waals surface area contributed by atoms with Gasteiger partial charge in [0.05, 0.1) is 23.6 Å². The van der Waals surface area contributed by atoms with Gasteiger partial charge in [0.25, 0.3) is 5.56 Å². The molecule has 2 aromatic heterocycles. The van der Waals surface area contributed by atoms with Crippen LogP contribution in [0.4, 0.5) is 0 Å². The summed E-state index contributed by atoms with van der Waals surface area (Å²) in [5.74, 6) is 0.676. The Balaban J connectivity index is 2.15. The van der Waals surface area contributed by atoms with Gasteiger partial charge >= 0.3 is 0 Å². The van der Waals surface area contributed by atoms with E-state index in [0.717, 1.165) is 21.7 Å². The molecular weight excluding hydrogens is 294 g/mol. The summed E-state index contributed by atoms with van der Waals surface area (Å²) in [6, 6.07) is 11.4. The number of fused-ring (bicyclic) bond motifs is 1. The molecule has 5 heteroatoms. The number of hydrogen-bond donors (Lipinski definition) is 0. The molecule has 22 heavy (non-hydrogen) atoms. The second-order valence-electron chi connectivity index (χ2n) is 5.10. The van der Waals surface area contributed by atoms with E-state index in [1.165, 1.54) is 0 Å². The van der Waals surface area contributed by atoms with Crippen LogP contribution in [0.3, 0.4) is 0 Å². The number of aryl methyl sites for hydroxylation is 2. The maximum Gasteiger partial charge on any atom is 0.262 e. The number of thiophene rings is 1. The monoisotopic (exact) mass is 309 g/mol. The van der Waals surface area contributed by atoms with Crippen LogP contribution in [0.5, 0.6) is 0 Å². The molecule has 3 rings (SSSR count). The summed E-state index contributed by atoms with van der Waals surface area (Å²) < 4.78 is 1.64. The van der Waals surface area contributed by atoms with Crippen molar-refractivity contribution in [1.82, 2.24) is 9.55 Å². The van der Waals surface area contributed by atoms with Crippen LogP contribution < -0.4 is 5.56 Å². The summed E-state index contributed by atoms with van der Waals surface area (Å²) in [6.07, 6.45) is 0.900. The molecule has 0 aliphatic heterocycles. The van der Waals surface area contributed by atoms with Gasteiger partial charge in [-0.1, -0.05) is 25.1 Å². The Morgan fingerprint density at radius 3 is 2.86 bits per heavy atom. The SMILES string of the molecule is CCc1cc2c(=O)n(Cc3ccccc3C#N)c(C)nc2s1. The lowest BCUT2D eigenvalue weighted by molar-refractivity contribution is 0.712. The first kappa shape index (κ1) is 14.5. The van der Waals surface area contributed by atoms with Crippen LogP contribution in [0.25, 0.3) is 10.2 Å². The zero-order valence-electron chi connectivity index (χ0n) is 12.5. The lowest BCUT2D eigenvalue weighted by Gasteiger charge is -2.10. The van der Waals surface area contributed by atoms with Crippen molar-refractivity contribution >= 4 is 21.6 Å². The molecule has 4 nitrogen and oxygen atoms in total. The molecule has 0 spiro atoms. The molecule has 110 valence electrons. The molecule has 2 heterocycles. The van der Waals surface area contributed by atoms with E-state index in [1.54, 1.807) is 22.0 Å². The highest BCUT2D eigenvalue weighted by Crippen LogP contribution is 2.22. The van der Waals surface area contributed by atoms with E-state index in [4.69, 9.17) is 0 Å². The minimum Gasteiger partial charge on any atom is -0.292 e. The van der Waals surface area contributed by atoms with Gasteiger partial charge in [-0.2, -0.15) is 5.26 Å². The smallest absolute Gasteiger partial charge is 0.262 e. The molecule has 0 aliphatic rings. The van der Waals surface area contributed by atoms with Crippen LogP contribution in [-0.2, 0) is 13.0 Å². The number of nitrogens with zero attached hydrogens (tertiary/aromatic N) is 3. The van der Waals surface area contributed by atoms with Gasteiger partial charge in [-0.05, 0) is 31.0 Å². The summed E-state index contributed by atoms with van der Waals surface area (Å²) in [6.45, 7) is 4.27. The maximum absolute atomic E-state index is 12.7. The number of benzene rings is 1. The Morgan fingerprint density at radius 1 is 1.36 bits per heavy atom. The van der Waals surface area contributed by atoms with E-state index in [0.29, 0.717) is 23.3 Å². The van der Waals surface area contributed by atoms with Gasteiger partial charge < -0.3 is 0 Å². The van der Waals surface area contributed by atoms with Crippen molar-refractivity contribution in [3.05, 3.63) is 62.5 Å². The van der Waals surface area contributed by atoms with Crippen molar-refractivity contribution in [2.75, 3.05) is 0 Å². The Labute approximate surface area is 132 Å². The second kappa shape index (κ2) is 5.74. The fraction of sp³-hybridized carbons (Fsp3) is 0.235. The highest BCUT2D eigenvalue weighted by atomic mass is 32.1. The van der Waals surface area contributed by atoms with Gasteiger partial charge in [-0.3, -0.25) is 9.36 Å². The molecule has 0 saturated carbocycles. The van der Waals surface area contributed by atoms with Gasteiger partial charge in [0.1, 0.15) is 10.7 Å². The van der Waals surface area contributed by atoms with Crippen molar-refractivity contribution in [2.24, 2.45) is 0 Å². The van der Waals surface area contributed by atoms with Crippen LogP contribution in [0.1, 0.15) is 28.8 Å². The first-order valence-electron chi connectivity index (χ1n) is 7.12. The third kappa shape index (κ3) is 2.42. The zero-order chi connectivity index (χ0) is 15.7. The first-order chi connectivity index (χ1) is 10.6. The molecule has 0 aliphatic carbocycles. The predicted molar refractivity (Wildman–Crippen MR) is 88.3 cm³/mol. The molecular formula is C17H15N3OS. The van der Waals surface area contributed by atoms with Crippen molar-refractivity contribution in [3.63, 3.8) is 0 Å². The Kier molecular flexibility index (Phi) is 3.78. The lowest BCUT2D eigenvalue weighted by atomic mass is 10.1. The van der Waals surface area contributed by atoms with E-state index in [-0.39, 0.29) is 5.56 Å². The van der Waals surface area contributed by atoms with E-state index >= 15 is 0 Å². The Hall–Kier alpha value is -2.45. The summed E-state index contributed by atoms with van der Waals surface area (Å²) in [5, 5.41) is 9.86. The lowest BCUT2D eigenvalue weighted by Crippen LogP contribution is -2.24. The van der Waals surface area contributed by atoms with E-state index in [2.05, 4.69) is 18.0 Å². The van der Waals surface area contributed by atoms with Gasteiger partial charge in [0.2, 0.25) is 0 Å². The van der Waals surface area contributed by atoms with Crippen LogP contribution in [-0.4, -0.2) is 9.55 Å². The van der Waals surface area contributed by atoms with Crippen LogP contribution in [0.2, 0.25) is 0 Å². The summed E-state index contributed by atoms with van der Waals surface area (Å²) in [4.78, 5) is 19.2. The number of nitriles is 1. The van der Waals surface area contributed by atoms with Gasteiger partial charge in [-0.25, -0.2) is 4.98 Å². The molecule has 0 radical (unpaired) electrons. The van der Waals surface area contributed by atoms with Crippen molar-refractivity contribution in [3.8, 4) is 6.07 Å². The standard InChI is InChI=1S/C17H15N3OS/c1-3-14-8-15-16(22-14)19-11(2)20(17(15)21)10-13-7-5-4-6-12(13)9-18/h4-8H,3,10H2,1-2H3. The van der Waals surface area contributed by atoms with Crippen molar-refractivity contribution in [2.45, 2.75) is 26.8 Å². The quantitative estimate of drug-likeness (QED) is 0.746. The molecule has 3 aromatic rings. The average molecular weight is 309 g/mol. The van der Waals surface area contributed by atoms with Crippen molar-refractivity contribution < 1.29 is 0 Å². The Morgan fingerprint density at radius 2 is 2.14 bits per heavy atom. The molecule has 0 amide bonds. The van der Waals surface area contributed by atoms with Gasteiger partial charge in [0.15, 0.2) is 0 Å². The fourth-order valence-corrected chi connectivity index (χ4v) is 3.47. The van der Waals surface area contributed by atoms with Gasteiger partial charge in [-0.15, -0.1) is 11.3 Å². The van der Waals surface area contributed by atoms with Gasteiger partial charge in [0, 0.05) is 4.88 Å². The molecule has 0 fully saturated rings. The van der Waals surface area contributed by atoms with E-state index in [9.17, 15) is 10.1 Å². The molecule has 0 N–H and O–H groups in total.